The highest BCUT2D eigenvalue weighted by Crippen LogP contribution is 2.34. The zero-order valence-electron chi connectivity index (χ0n) is 30.0. The second kappa shape index (κ2) is 20.4. The summed E-state index contributed by atoms with van der Waals surface area (Å²) in [6, 6.07) is 23.0. The SMILES string of the molecule is CCc1cccc(CNC[C@@H](C(SC2N=NNN2c2ccccc2)C(=O)OC(=O)CCCCCNC(=O)c2ccco2)[C@@H](N)Cc2cc(F)cc(F)c2)c1. The van der Waals surface area contributed by atoms with Gasteiger partial charge in [0.25, 0.3) is 5.91 Å². The summed E-state index contributed by atoms with van der Waals surface area (Å²) in [7, 11) is 0. The monoisotopic (exact) mass is 761 g/mol. The maximum Gasteiger partial charge on any atom is 0.327 e. The Hall–Kier alpha value is -5.12. The van der Waals surface area contributed by atoms with Crippen LogP contribution in [0, 0.1) is 17.6 Å². The zero-order valence-corrected chi connectivity index (χ0v) is 30.8. The van der Waals surface area contributed by atoms with Gasteiger partial charge in [0.15, 0.2) is 5.76 Å². The quantitative estimate of drug-likeness (QED) is 0.0461. The van der Waals surface area contributed by atoms with Crippen molar-refractivity contribution in [2.45, 2.75) is 68.8 Å². The summed E-state index contributed by atoms with van der Waals surface area (Å²) in [5, 5.41) is 15.1. The normalized spacial score (nSPS) is 15.3. The lowest BCUT2D eigenvalue weighted by Crippen LogP contribution is -2.49. The number of unbranched alkanes of at least 4 members (excludes halogenated alkanes) is 2. The molecule has 1 aromatic heterocycles. The molecule has 286 valence electrons. The Morgan fingerprint density at radius 2 is 1.74 bits per heavy atom. The second-order valence-corrected chi connectivity index (χ2v) is 14.1. The summed E-state index contributed by atoms with van der Waals surface area (Å²) >= 11 is 1.11. The molecule has 3 aromatic carbocycles. The molecule has 0 fully saturated rings. The van der Waals surface area contributed by atoms with E-state index >= 15 is 0 Å². The van der Waals surface area contributed by atoms with Crippen molar-refractivity contribution in [1.82, 2.24) is 16.2 Å². The molecule has 0 spiro atoms. The number of nitrogens with two attached hydrogens (primary N) is 1. The molecule has 1 aliphatic rings. The number of hydrogen-bond acceptors (Lipinski definition) is 12. The molecule has 0 bridgehead atoms. The molecule has 5 N–H and O–H groups in total. The molecular formula is C39H45F2N7O5S. The number of furan rings is 1. The fourth-order valence-corrected chi connectivity index (χ4v) is 7.33. The van der Waals surface area contributed by atoms with E-state index in [-0.39, 0.29) is 31.1 Å². The van der Waals surface area contributed by atoms with Crippen LogP contribution in [0.1, 0.15) is 59.9 Å². The van der Waals surface area contributed by atoms with Gasteiger partial charge in [-0.2, -0.15) is 5.53 Å². The number of carbonyl (C=O) groups is 3. The van der Waals surface area contributed by atoms with E-state index in [1.165, 1.54) is 24.0 Å². The number of benzene rings is 3. The number of rotatable bonds is 20. The molecule has 54 heavy (non-hydrogen) atoms. The summed E-state index contributed by atoms with van der Waals surface area (Å²) in [5.41, 5.74) is 12.2. The average Bonchev–Trinajstić information content (AvgIpc) is 3.87. The minimum atomic E-state index is -1.07. The van der Waals surface area contributed by atoms with Gasteiger partial charge in [0.1, 0.15) is 16.9 Å². The first-order valence-electron chi connectivity index (χ1n) is 17.9. The number of ether oxygens (including phenoxy) is 1. The number of hydrazine groups is 1. The van der Waals surface area contributed by atoms with Crippen LogP contribution in [0.25, 0.3) is 0 Å². The molecular weight excluding hydrogens is 717 g/mol. The van der Waals surface area contributed by atoms with Crippen molar-refractivity contribution in [3.05, 3.63) is 125 Å². The lowest BCUT2D eigenvalue weighted by molar-refractivity contribution is -0.160. The van der Waals surface area contributed by atoms with Gasteiger partial charge >= 0.3 is 11.9 Å². The molecule has 4 aromatic rings. The molecule has 4 atom stereocenters. The van der Waals surface area contributed by atoms with Gasteiger partial charge in [0.2, 0.25) is 5.50 Å². The molecule has 0 radical (unpaired) electrons. The van der Waals surface area contributed by atoms with Gasteiger partial charge in [-0.3, -0.25) is 14.4 Å². The number of carbonyl (C=O) groups excluding carboxylic acids is 3. The van der Waals surface area contributed by atoms with E-state index in [4.69, 9.17) is 14.9 Å². The summed E-state index contributed by atoms with van der Waals surface area (Å²) in [4.78, 5) is 39.2. The first-order chi connectivity index (χ1) is 26.2. The first-order valence-corrected chi connectivity index (χ1v) is 18.8. The van der Waals surface area contributed by atoms with Crippen molar-refractivity contribution in [3.8, 4) is 0 Å². The topological polar surface area (TPSA) is 164 Å². The number of nitrogens with one attached hydrogen (secondary N) is 3. The molecule has 5 rings (SSSR count). The molecule has 0 saturated carbocycles. The number of thioether (sulfide) groups is 1. The Kier molecular flexibility index (Phi) is 15.1. The van der Waals surface area contributed by atoms with Crippen LogP contribution in [-0.4, -0.2) is 47.7 Å². The molecule has 15 heteroatoms. The second-order valence-electron chi connectivity index (χ2n) is 12.9. The zero-order chi connectivity index (χ0) is 38.3. The van der Waals surface area contributed by atoms with Crippen molar-refractivity contribution in [2.24, 2.45) is 22.0 Å². The molecule has 2 unspecified atom stereocenters. The standard InChI is InChI=1S/C39H45F2N7O5S/c1-2-26-11-9-12-27(19-26)24-43-25-32(33(42)22-28-20-29(40)23-30(41)21-28)36(54-39-45-46-47-48(39)31-13-5-3-6-14-31)38(51)53-35(49)16-7-4-8-17-44-37(50)34-15-10-18-52-34/h3,5-6,9-15,18-21,23,32-33,36,39,43H,2,4,7-8,16-17,22,24-25,42H2,1H3,(H,44,50)(H,45,47)/t32-,33+,36?,39?/m1/s1. The first kappa shape index (κ1) is 40.1. The van der Waals surface area contributed by atoms with Crippen LogP contribution in [0.5, 0.6) is 0 Å². The van der Waals surface area contributed by atoms with Crippen molar-refractivity contribution in [2.75, 3.05) is 18.1 Å². The van der Waals surface area contributed by atoms with Gasteiger partial charge in [-0.1, -0.05) is 72.8 Å². The van der Waals surface area contributed by atoms with Gasteiger partial charge in [-0.05, 0) is 78.8 Å². The maximum atomic E-state index is 14.2. The Morgan fingerprint density at radius 3 is 2.48 bits per heavy atom. The summed E-state index contributed by atoms with van der Waals surface area (Å²) in [6.07, 6.45) is 3.93. The third-order valence-electron chi connectivity index (χ3n) is 8.81. The van der Waals surface area contributed by atoms with Crippen molar-refractivity contribution < 1.29 is 32.3 Å². The summed E-state index contributed by atoms with van der Waals surface area (Å²) < 4.78 is 39.0. The molecule has 12 nitrogen and oxygen atoms in total. The van der Waals surface area contributed by atoms with Crippen LogP contribution in [-0.2, 0) is 33.7 Å². The van der Waals surface area contributed by atoms with E-state index in [0.717, 1.165) is 35.5 Å². The molecule has 0 saturated heterocycles. The van der Waals surface area contributed by atoms with E-state index in [0.29, 0.717) is 37.9 Å². The number of anilines is 1. The van der Waals surface area contributed by atoms with E-state index in [1.807, 2.05) is 48.5 Å². The number of nitrogens with zero attached hydrogens (tertiary/aromatic N) is 3. The van der Waals surface area contributed by atoms with Crippen LogP contribution in [0.2, 0.25) is 0 Å². The van der Waals surface area contributed by atoms with Crippen molar-refractivity contribution in [3.63, 3.8) is 0 Å². The van der Waals surface area contributed by atoms with Gasteiger partial charge in [-0.15, -0.1) is 5.11 Å². The maximum absolute atomic E-state index is 14.2. The molecule has 1 amide bonds. The Morgan fingerprint density at radius 1 is 0.963 bits per heavy atom. The lowest BCUT2D eigenvalue weighted by atomic mass is 9.90. The highest BCUT2D eigenvalue weighted by Gasteiger charge is 2.40. The number of esters is 2. The van der Waals surface area contributed by atoms with Crippen molar-refractivity contribution >= 4 is 35.3 Å². The van der Waals surface area contributed by atoms with Crippen LogP contribution in [0.4, 0.5) is 14.5 Å². The van der Waals surface area contributed by atoms with Crippen LogP contribution in [0.15, 0.2) is 106 Å². The highest BCUT2D eigenvalue weighted by molar-refractivity contribution is 8.01. The number of amides is 1. The molecule has 1 aliphatic heterocycles. The number of hydrogen-bond donors (Lipinski definition) is 4. The van der Waals surface area contributed by atoms with Crippen LogP contribution in [0.3, 0.4) is 0 Å². The fraction of sp³-hybridized carbons (Fsp3) is 0.359. The van der Waals surface area contributed by atoms with Gasteiger partial charge < -0.3 is 25.5 Å². The van der Waals surface area contributed by atoms with Crippen LogP contribution < -0.4 is 26.9 Å². The number of aryl methyl sites for hydroxylation is 1. The predicted molar refractivity (Wildman–Crippen MR) is 202 cm³/mol. The number of halogens is 2. The summed E-state index contributed by atoms with van der Waals surface area (Å²) in [6.45, 7) is 3.12. The summed E-state index contributed by atoms with van der Waals surface area (Å²) in [5.74, 6) is -3.82. The van der Waals surface area contributed by atoms with E-state index in [9.17, 15) is 23.2 Å². The van der Waals surface area contributed by atoms with Gasteiger partial charge in [-0.25, -0.2) is 13.8 Å². The minimum Gasteiger partial charge on any atom is -0.459 e. The smallest absolute Gasteiger partial charge is 0.327 e. The Labute approximate surface area is 317 Å². The Bertz CT molecular complexity index is 1830. The lowest BCUT2D eigenvalue weighted by Gasteiger charge is -2.33. The predicted octanol–water partition coefficient (Wildman–Crippen LogP) is 6.23. The molecule has 2 heterocycles. The Balaban J connectivity index is 1.31. The third-order valence-corrected chi connectivity index (χ3v) is 10.2. The molecule has 0 aliphatic carbocycles. The number of para-hydroxylation sites is 1. The van der Waals surface area contributed by atoms with E-state index < -0.39 is 46.3 Å². The van der Waals surface area contributed by atoms with Crippen LogP contribution >= 0.6 is 11.8 Å². The van der Waals surface area contributed by atoms with Gasteiger partial charge in [0, 0.05) is 44.1 Å². The third kappa shape index (κ3) is 11.9. The minimum absolute atomic E-state index is 0.0264. The van der Waals surface area contributed by atoms with E-state index in [1.54, 1.807) is 17.1 Å². The largest absolute Gasteiger partial charge is 0.459 e. The average molecular weight is 762 g/mol. The van der Waals surface area contributed by atoms with E-state index in [2.05, 4.69) is 39.5 Å². The fourth-order valence-electron chi connectivity index (χ4n) is 6.02. The highest BCUT2D eigenvalue weighted by atomic mass is 32.2. The van der Waals surface area contributed by atoms with Gasteiger partial charge in [0.05, 0.1) is 12.0 Å². The van der Waals surface area contributed by atoms with Crippen molar-refractivity contribution in [1.29, 1.82) is 0 Å².